The van der Waals surface area contributed by atoms with Gasteiger partial charge in [0.15, 0.2) is 11.9 Å². The van der Waals surface area contributed by atoms with Crippen LogP contribution in [0.5, 0.6) is 0 Å². The third-order valence-corrected chi connectivity index (χ3v) is 3.29. The number of carbonyl (C=O) groups excluding carboxylic acids is 1. The zero-order valence-electron chi connectivity index (χ0n) is 16.5. The van der Waals surface area contributed by atoms with E-state index in [1.807, 2.05) is 24.3 Å². The van der Waals surface area contributed by atoms with Crippen LogP contribution in [0, 0.1) is 0 Å². The second-order valence-corrected chi connectivity index (χ2v) is 5.23. The lowest BCUT2D eigenvalue weighted by molar-refractivity contribution is -0.132. The van der Waals surface area contributed by atoms with Crippen molar-refractivity contribution in [3.05, 3.63) is 35.4 Å². The molecule has 0 N–H and O–H groups in total. The van der Waals surface area contributed by atoms with Gasteiger partial charge in [0.1, 0.15) is 38.9 Å². The number of hydrogen-bond acceptors (Lipinski definition) is 10. The van der Waals surface area contributed by atoms with Crippen LogP contribution in [0.1, 0.15) is 25.0 Å². The fourth-order valence-corrected chi connectivity index (χ4v) is 1.99. The molecule has 0 radical (unpaired) electrons. The van der Waals surface area contributed by atoms with Gasteiger partial charge in [-0.15, -0.1) is 0 Å². The molecule has 0 spiro atoms. The monoisotopic (exact) mass is 392 g/mol. The molecule has 0 aliphatic carbocycles. The number of methoxy groups -OCH3 is 1. The summed E-state index contributed by atoms with van der Waals surface area (Å²) in [6, 6.07) is 7.45. The van der Waals surface area contributed by atoms with E-state index in [4.69, 9.17) is 19.4 Å². The summed E-state index contributed by atoms with van der Waals surface area (Å²) in [4.78, 5) is 31.0. The number of hydrogen-bond donors (Lipinski definition) is 0. The highest BCUT2D eigenvalue weighted by atomic mass is 16.6. The van der Waals surface area contributed by atoms with Crippen LogP contribution < -0.4 is 0 Å². The fourth-order valence-electron chi connectivity index (χ4n) is 1.99. The summed E-state index contributed by atoms with van der Waals surface area (Å²) in [5.74, 6) is -0.595. The minimum atomic E-state index is -0.595. The van der Waals surface area contributed by atoms with Crippen molar-refractivity contribution in [1.82, 2.24) is 0 Å². The van der Waals surface area contributed by atoms with Crippen LogP contribution >= 0.6 is 0 Å². The molecule has 1 aromatic carbocycles. The summed E-state index contributed by atoms with van der Waals surface area (Å²) >= 11 is 0. The van der Waals surface area contributed by atoms with Gasteiger partial charge in [-0.25, -0.2) is 4.79 Å². The molecule has 10 heteroatoms. The molecule has 0 saturated carbocycles. The summed E-state index contributed by atoms with van der Waals surface area (Å²) < 4.78 is 4.43. The van der Waals surface area contributed by atoms with Gasteiger partial charge in [-0.1, -0.05) is 44.9 Å². The largest absolute Gasteiger partial charge is 0.465 e. The molecule has 28 heavy (non-hydrogen) atoms. The molecule has 1 aromatic rings. The van der Waals surface area contributed by atoms with Crippen molar-refractivity contribution < 1.29 is 28.9 Å². The molecule has 0 aliphatic rings. The molecule has 0 heterocycles. The highest BCUT2D eigenvalue weighted by Crippen LogP contribution is 2.12. The molecule has 0 atom stereocenters. The standard InChI is InChI=1S/C18H24N4O6/c1-13(20-25-4)18(22-26-5)14(2)21-28-12-16-9-7-6-8-15(16)11-27-19-10-17(23)24-3/h6-10H,11-12H2,1-5H3. The Bertz CT molecular complexity index is 758. The molecule has 1 rings (SSSR count). The van der Waals surface area contributed by atoms with E-state index < -0.39 is 5.97 Å². The SMILES string of the molecule is CON=C(C)C(=NOC)C(C)=NOCc1ccccc1CON=CC(=O)OC. The molecule has 0 bridgehead atoms. The molecule has 0 aromatic heterocycles. The number of nitrogens with zero attached hydrogens (tertiary/aromatic N) is 4. The lowest BCUT2D eigenvalue weighted by atomic mass is 10.1. The van der Waals surface area contributed by atoms with Crippen LogP contribution in [0.25, 0.3) is 0 Å². The second-order valence-electron chi connectivity index (χ2n) is 5.23. The Balaban J connectivity index is 2.75. The Morgan fingerprint density at radius 2 is 1.46 bits per heavy atom. The van der Waals surface area contributed by atoms with Crippen LogP contribution in [0.4, 0.5) is 0 Å². The zero-order chi connectivity index (χ0) is 20.8. The smallest absolute Gasteiger partial charge is 0.352 e. The second kappa shape index (κ2) is 12.8. The number of ether oxygens (including phenoxy) is 1. The molecule has 10 nitrogen and oxygen atoms in total. The third-order valence-electron chi connectivity index (χ3n) is 3.29. The van der Waals surface area contributed by atoms with Gasteiger partial charge in [-0.05, 0) is 25.0 Å². The molecular formula is C18H24N4O6. The van der Waals surface area contributed by atoms with Gasteiger partial charge >= 0.3 is 5.97 Å². The lowest BCUT2D eigenvalue weighted by Crippen LogP contribution is -2.20. The van der Waals surface area contributed by atoms with E-state index in [0.29, 0.717) is 17.1 Å². The van der Waals surface area contributed by atoms with Gasteiger partial charge in [-0.3, -0.25) is 0 Å². The molecule has 0 amide bonds. The highest BCUT2D eigenvalue weighted by molar-refractivity contribution is 6.67. The molecular weight excluding hydrogens is 368 g/mol. The Labute approximate surface area is 163 Å². The van der Waals surface area contributed by atoms with Crippen molar-refractivity contribution in [1.29, 1.82) is 0 Å². The number of benzene rings is 1. The first-order valence-corrected chi connectivity index (χ1v) is 8.19. The quantitative estimate of drug-likeness (QED) is 0.324. The Kier molecular flexibility index (Phi) is 10.4. The first kappa shape index (κ1) is 22.6. The first-order valence-electron chi connectivity index (χ1n) is 8.19. The number of oxime groups is 4. The molecule has 0 aliphatic heterocycles. The van der Waals surface area contributed by atoms with Crippen LogP contribution in [0.3, 0.4) is 0 Å². The van der Waals surface area contributed by atoms with Gasteiger partial charge in [0.2, 0.25) is 0 Å². The summed E-state index contributed by atoms with van der Waals surface area (Å²) in [6.45, 7) is 3.77. The minimum absolute atomic E-state index is 0.158. The van der Waals surface area contributed by atoms with Crippen molar-refractivity contribution in [3.8, 4) is 0 Å². The van der Waals surface area contributed by atoms with Gasteiger partial charge in [0.05, 0.1) is 7.11 Å². The average Bonchev–Trinajstić information content (AvgIpc) is 2.70. The van der Waals surface area contributed by atoms with Crippen molar-refractivity contribution in [2.75, 3.05) is 21.3 Å². The zero-order valence-corrected chi connectivity index (χ0v) is 16.5. The minimum Gasteiger partial charge on any atom is -0.465 e. The van der Waals surface area contributed by atoms with E-state index >= 15 is 0 Å². The number of carbonyl (C=O) groups is 1. The normalized spacial score (nSPS) is 12.7. The van der Waals surface area contributed by atoms with Crippen molar-refractivity contribution in [2.45, 2.75) is 27.1 Å². The van der Waals surface area contributed by atoms with E-state index in [9.17, 15) is 4.79 Å². The Morgan fingerprint density at radius 3 is 2.04 bits per heavy atom. The molecule has 0 saturated heterocycles. The average molecular weight is 392 g/mol. The van der Waals surface area contributed by atoms with Crippen molar-refractivity contribution in [2.24, 2.45) is 20.6 Å². The predicted octanol–water partition coefficient (Wildman–Crippen LogP) is 2.28. The maximum atomic E-state index is 11.0. The van der Waals surface area contributed by atoms with Crippen molar-refractivity contribution in [3.63, 3.8) is 0 Å². The maximum Gasteiger partial charge on any atom is 0.352 e. The topological polar surface area (TPSA) is 113 Å². The van der Waals surface area contributed by atoms with E-state index in [-0.39, 0.29) is 13.2 Å². The number of esters is 1. The molecule has 0 fully saturated rings. The summed E-state index contributed by atoms with van der Waals surface area (Å²) in [5, 5.41) is 15.3. The maximum absolute atomic E-state index is 11.0. The summed E-state index contributed by atoms with van der Waals surface area (Å²) in [5.41, 5.74) is 3.04. The van der Waals surface area contributed by atoms with Gasteiger partial charge in [0, 0.05) is 0 Å². The van der Waals surface area contributed by atoms with Gasteiger partial charge < -0.3 is 24.1 Å². The number of rotatable bonds is 11. The highest BCUT2D eigenvalue weighted by Gasteiger charge is 2.11. The summed E-state index contributed by atoms with van der Waals surface area (Å²) in [6.07, 6.45) is 0.952. The Hall–Kier alpha value is -3.43. The van der Waals surface area contributed by atoms with E-state index in [1.54, 1.807) is 13.8 Å². The first-order chi connectivity index (χ1) is 13.5. The van der Waals surface area contributed by atoms with Crippen LogP contribution in [-0.4, -0.2) is 50.6 Å². The lowest BCUT2D eigenvalue weighted by Gasteiger charge is -2.08. The van der Waals surface area contributed by atoms with Gasteiger partial charge in [0.25, 0.3) is 0 Å². The van der Waals surface area contributed by atoms with Crippen LogP contribution in [0.15, 0.2) is 44.9 Å². The van der Waals surface area contributed by atoms with E-state index in [0.717, 1.165) is 17.3 Å². The third kappa shape index (κ3) is 7.85. The van der Waals surface area contributed by atoms with E-state index in [2.05, 4.69) is 25.4 Å². The Morgan fingerprint density at radius 1 is 0.893 bits per heavy atom. The van der Waals surface area contributed by atoms with Crippen LogP contribution in [0.2, 0.25) is 0 Å². The predicted molar refractivity (Wildman–Crippen MR) is 104 cm³/mol. The van der Waals surface area contributed by atoms with Crippen LogP contribution in [-0.2, 0) is 42.1 Å². The molecule has 0 unspecified atom stereocenters. The van der Waals surface area contributed by atoms with Gasteiger partial charge in [-0.2, -0.15) is 0 Å². The molecule has 152 valence electrons. The van der Waals surface area contributed by atoms with Crippen molar-refractivity contribution >= 4 is 29.3 Å². The summed E-state index contributed by atoms with van der Waals surface area (Å²) in [7, 11) is 4.12. The fraction of sp³-hybridized carbons (Fsp3) is 0.389. The van der Waals surface area contributed by atoms with E-state index in [1.165, 1.54) is 21.3 Å².